The zero-order valence-corrected chi connectivity index (χ0v) is 20.5. The van der Waals surface area contributed by atoms with Crippen LogP contribution < -0.4 is 0 Å². The Morgan fingerprint density at radius 2 is 1.75 bits per heavy atom. The summed E-state index contributed by atoms with van der Waals surface area (Å²) in [5.41, 5.74) is 3.85. The third-order valence-electron chi connectivity index (χ3n) is 7.51. The Morgan fingerprint density at radius 3 is 2.44 bits per heavy atom. The number of carbonyl (C=O) groups is 3. The van der Waals surface area contributed by atoms with Gasteiger partial charge in [-0.15, -0.1) is 0 Å². The second-order valence-corrected chi connectivity index (χ2v) is 9.59. The van der Waals surface area contributed by atoms with E-state index in [0.717, 1.165) is 31.2 Å². The number of carbonyl (C=O) groups excluding carboxylic acids is 3. The maximum atomic E-state index is 13.4. The number of fused-ring (bicyclic) bond motifs is 1. The molecule has 2 fully saturated rings. The lowest BCUT2D eigenvalue weighted by atomic mass is 9.88. The highest BCUT2D eigenvalue weighted by atomic mass is 16.6. The van der Waals surface area contributed by atoms with E-state index in [1.807, 2.05) is 18.2 Å². The van der Waals surface area contributed by atoms with E-state index in [4.69, 9.17) is 4.74 Å². The third kappa shape index (κ3) is 4.36. The SMILES string of the molecule is CCOC(=O)N1CCC(N2C(=O)C(=O)/C(=C(/O)c3ccc4c(c3)CCCC4)C2c2ccncc2)CC1. The van der Waals surface area contributed by atoms with Crippen molar-refractivity contribution in [3.05, 3.63) is 70.6 Å². The predicted octanol–water partition coefficient (Wildman–Crippen LogP) is 4.00. The molecule has 0 saturated carbocycles. The van der Waals surface area contributed by atoms with Gasteiger partial charge in [0.2, 0.25) is 0 Å². The van der Waals surface area contributed by atoms with Gasteiger partial charge in [0.15, 0.2) is 0 Å². The number of hydrogen-bond acceptors (Lipinski definition) is 6. The molecule has 8 nitrogen and oxygen atoms in total. The number of rotatable bonds is 4. The Hall–Kier alpha value is -3.68. The number of aromatic nitrogens is 1. The van der Waals surface area contributed by atoms with Crippen molar-refractivity contribution >= 4 is 23.5 Å². The zero-order valence-electron chi connectivity index (χ0n) is 20.5. The lowest BCUT2D eigenvalue weighted by Gasteiger charge is -2.38. The maximum absolute atomic E-state index is 13.4. The molecule has 36 heavy (non-hydrogen) atoms. The van der Waals surface area contributed by atoms with Crippen molar-refractivity contribution in [2.45, 2.75) is 57.5 Å². The second kappa shape index (κ2) is 10.1. The van der Waals surface area contributed by atoms with Crippen molar-refractivity contribution in [2.24, 2.45) is 0 Å². The largest absolute Gasteiger partial charge is 0.507 e. The van der Waals surface area contributed by atoms with Gasteiger partial charge >= 0.3 is 6.09 Å². The number of aryl methyl sites for hydroxylation is 2. The highest BCUT2D eigenvalue weighted by Crippen LogP contribution is 2.42. The van der Waals surface area contributed by atoms with E-state index >= 15 is 0 Å². The molecule has 1 atom stereocenters. The molecular weight excluding hydrogens is 458 g/mol. The van der Waals surface area contributed by atoms with Gasteiger partial charge in [0.05, 0.1) is 18.2 Å². The van der Waals surface area contributed by atoms with Crippen LogP contribution in [0.25, 0.3) is 5.76 Å². The summed E-state index contributed by atoms with van der Waals surface area (Å²) in [7, 11) is 0. The normalized spacial score (nSPS) is 22.0. The van der Waals surface area contributed by atoms with E-state index in [1.54, 1.807) is 41.2 Å². The molecule has 3 heterocycles. The van der Waals surface area contributed by atoms with Crippen LogP contribution >= 0.6 is 0 Å². The first kappa shape index (κ1) is 24.0. The first-order valence-electron chi connectivity index (χ1n) is 12.7. The fourth-order valence-electron chi connectivity index (χ4n) is 5.68. The quantitative estimate of drug-likeness (QED) is 0.396. The van der Waals surface area contributed by atoms with Crippen LogP contribution in [0.5, 0.6) is 0 Å². The molecule has 1 aliphatic carbocycles. The van der Waals surface area contributed by atoms with Crippen LogP contribution in [0.1, 0.15) is 60.9 Å². The number of likely N-dealkylation sites (tertiary alicyclic amines) is 2. The number of ketones is 1. The van der Waals surface area contributed by atoms with E-state index in [1.165, 1.54) is 11.1 Å². The molecule has 2 aromatic rings. The van der Waals surface area contributed by atoms with Crippen molar-refractivity contribution in [1.82, 2.24) is 14.8 Å². The molecule has 0 radical (unpaired) electrons. The molecular formula is C28H31N3O5. The van der Waals surface area contributed by atoms with Gasteiger partial charge in [-0.2, -0.15) is 0 Å². The molecule has 1 aromatic heterocycles. The van der Waals surface area contributed by atoms with Gasteiger partial charge in [-0.1, -0.05) is 12.1 Å². The lowest BCUT2D eigenvalue weighted by molar-refractivity contribution is -0.142. The third-order valence-corrected chi connectivity index (χ3v) is 7.51. The van der Waals surface area contributed by atoms with Gasteiger partial charge in [-0.3, -0.25) is 14.6 Å². The summed E-state index contributed by atoms with van der Waals surface area (Å²) in [6.07, 6.45) is 8.13. The number of piperidine rings is 1. The molecule has 2 aliphatic heterocycles. The average Bonchev–Trinajstić information content (AvgIpc) is 3.18. The fraction of sp³-hybridized carbons (Fsp3) is 0.429. The van der Waals surface area contributed by atoms with E-state index in [2.05, 4.69) is 4.98 Å². The summed E-state index contributed by atoms with van der Waals surface area (Å²) in [6, 6.07) is 8.40. The van der Waals surface area contributed by atoms with Crippen molar-refractivity contribution in [3.8, 4) is 0 Å². The average molecular weight is 490 g/mol. The minimum Gasteiger partial charge on any atom is -0.507 e. The van der Waals surface area contributed by atoms with E-state index in [0.29, 0.717) is 38.1 Å². The smallest absolute Gasteiger partial charge is 0.409 e. The minimum atomic E-state index is -0.719. The summed E-state index contributed by atoms with van der Waals surface area (Å²) in [5, 5.41) is 11.4. The number of Topliss-reactive ketones (excluding diaryl/α,β-unsaturated/α-hetero) is 1. The number of hydrogen-bond donors (Lipinski definition) is 1. The van der Waals surface area contributed by atoms with Crippen LogP contribution in [-0.2, 0) is 27.2 Å². The van der Waals surface area contributed by atoms with Crippen LogP contribution in [0, 0.1) is 0 Å². The van der Waals surface area contributed by atoms with Crippen LogP contribution in [0.15, 0.2) is 48.3 Å². The van der Waals surface area contributed by atoms with Gasteiger partial charge in [-0.05, 0) is 80.3 Å². The van der Waals surface area contributed by atoms with E-state index in [9.17, 15) is 19.5 Å². The van der Waals surface area contributed by atoms with Crippen molar-refractivity contribution in [3.63, 3.8) is 0 Å². The fourth-order valence-corrected chi connectivity index (χ4v) is 5.68. The van der Waals surface area contributed by atoms with Crippen LogP contribution in [-0.4, -0.2) is 63.4 Å². The van der Waals surface area contributed by atoms with Crippen molar-refractivity contribution in [1.29, 1.82) is 0 Å². The monoisotopic (exact) mass is 489 g/mol. The molecule has 2 amide bonds. The second-order valence-electron chi connectivity index (χ2n) is 9.59. The van der Waals surface area contributed by atoms with Gasteiger partial charge < -0.3 is 19.6 Å². The van der Waals surface area contributed by atoms with Gasteiger partial charge in [0.25, 0.3) is 11.7 Å². The number of ether oxygens (including phenoxy) is 1. The Morgan fingerprint density at radius 1 is 1.06 bits per heavy atom. The molecule has 0 spiro atoms. The number of nitrogens with zero attached hydrogens (tertiary/aromatic N) is 3. The Kier molecular flexibility index (Phi) is 6.76. The zero-order chi connectivity index (χ0) is 25.2. The topological polar surface area (TPSA) is 100 Å². The van der Waals surface area contributed by atoms with Gasteiger partial charge in [0, 0.05) is 37.1 Å². The molecule has 8 heteroatoms. The minimum absolute atomic E-state index is 0.106. The van der Waals surface area contributed by atoms with Gasteiger partial charge in [0.1, 0.15) is 5.76 Å². The molecule has 5 rings (SSSR count). The van der Waals surface area contributed by atoms with E-state index < -0.39 is 17.7 Å². The van der Waals surface area contributed by atoms with Crippen LogP contribution in [0.3, 0.4) is 0 Å². The van der Waals surface area contributed by atoms with Crippen LogP contribution in [0.2, 0.25) is 0 Å². The number of pyridine rings is 1. The Labute approximate surface area is 210 Å². The summed E-state index contributed by atoms with van der Waals surface area (Å²) >= 11 is 0. The lowest BCUT2D eigenvalue weighted by Crippen LogP contribution is -2.48. The first-order valence-corrected chi connectivity index (χ1v) is 12.7. The molecule has 0 bridgehead atoms. The van der Waals surface area contributed by atoms with Crippen molar-refractivity contribution < 1.29 is 24.2 Å². The number of aliphatic hydroxyl groups is 1. The van der Waals surface area contributed by atoms with Gasteiger partial charge in [-0.25, -0.2) is 4.79 Å². The van der Waals surface area contributed by atoms with E-state index in [-0.39, 0.29) is 23.5 Å². The highest BCUT2D eigenvalue weighted by molar-refractivity contribution is 6.46. The van der Waals surface area contributed by atoms with Crippen LogP contribution in [0.4, 0.5) is 4.79 Å². The Bertz CT molecular complexity index is 1200. The molecule has 188 valence electrons. The van der Waals surface area contributed by atoms with Crippen molar-refractivity contribution in [2.75, 3.05) is 19.7 Å². The summed E-state index contributed by atoms with van der Waals surface area (Å²) in [6.45, 7) is 2.93. The summed E-state index contributed by atoms with van der Waals surface area (Å²) in [5.74, 6) is -1.44. The molecule has 1 unspecified atom stereocenters. The number of aliphatic hydroxyl groups excluding tert-OH is 1. The first-order chi connectivity index (χ1) is 17.5. The summed E-state index contributed by atoms with van der Waals surface area (Å²) < 4.78 is 5.11. The molecule has 1 aromatic carbocycles. The maximum Gasteiger partial charge on any atom is 0.409 e. The number of amides is 2. The molecule has 3 aliphatic rings. The predicted molar refractivity (Wildman–Crippen MR) is 133 cm³/mol. The Balaban J connectivity index is 1.51. The molecule has 2 saturated heterocycles. The number of benzene rings is 1. The molecule has 1 N–H and O–H groups in total. The standard InChI is InChI=1S/C28H31N3O5/c1-2-36-28(35)30-15-11-22(12-16-30)31-24(19-9-13-29-14-10-19)23(26(33)27(31)34)25(32)21-8-7-18-5-3-4-6-20(18)17-21/h7-10,13-14,17,22,24,32H,2-6,11-12,15-16H2,1H3/b25-23+. The summed E-state index contributed by atoms with van der Waals surface area (Å²) in [4.78, 5) is 46.3. The highest BCUT2D eigenvalue weighted by Gasteiger charge is 2.49.